The Labute approximate surface area is 137 Å². The first-order valence-electron chi connectivity index (χ1n) is 7.81. The Morgan fingerprint density at radius 3 is 2.39 bits per heavy atom. The molecule has 124 valence electrons. The van der Waals surface area contributed by atoms with Crippen LogP contribution in [-0.4, -0.2) is 17.6 Å². The van der Waals surface area contributed by atoms with Crippen molar-refractivity contribution >= 4 is 5.91 Å². The van der Waals surface area contributed by atoms with Crippen LogP contribution >= 0.6 is 0 Å². The van der Waals surface area contributed by atoms with E-state index < -0.39 is 5.60 Å². The zero-order valence-electron chi connectivity index (χ0n) is 14.2. The molecule has 0 aliphatic heterocycles. The van der Waals surface area contributed by atoms with Crippen LogP contribution in [0.3, 0.4) is 0 Å². The smallest absolute Gasteiger partial charge is 0.220 e. The van der Waals surface area contributed by atoms with Gasteiger partial charge in [-0.25, -0.2) is 0 Å². The molecule has 0 aliphatic carbocycles. The Morgan fingerprint density at radius 2 is 1.83 bits per heavy atom. The van der Waals surface area contributed by atoms with Gasteiger partial charge in [0.15, 0.2) is 0 Å². The standard InChI is InChI=1S/C19H25NO3/c1-14-7-9-15(10-8-14)18(2,3)12-17(21)20-13-19(4,22)16-6-5-11-23-16/h5-11,22H,12-13H2,1-4H3,(H,20,21). The van der Waals surface area contributed by atoms with E-state index in [0.29, 0.717) is 12.2 Å². The highest BCUT2D eigenvalue weighted by Gasteiger charge is 2.29. The minimum Gasteiger partial charge on any atom is -0.466 e. The van der Waals surface area contributed by atoms with E-state index in [2.05, 4.69) is 29.6 Å². The molecule has 2 N–H and O–H groups in total. The lowest BCUT2D eigenvalue weighted by Gasteiger charge is -2.26. The molecule has 1 heterocycles. The zero-order chi connectivity index (χ0) is 17.1. The maximum absolute atomic E-state index is 12.3. The van der Waals surface area contributed by atoms with E-state index in [1.54, 1.807) is 19.1 Å². The first kappa shape index (κ1) is 17.3. The van der Waals surface area contributed by atoms with Gasteiger partial charge in [-0.2, -0.15) is 0 Å². The summed E-state index contributed by atoms with van der Waals surface area (Å²) in [6.07, 6.45) is 1.86. The summed E-state index contributed by atoms with van der Waals surface area (Å²) in [6, 6.07) is 11.6. The minimum atomic E-state index is -1.22. The van der Waals surface area contributed by atoms with Crippen molar-refractivity contribution in [2.24, 2.45) is 0 Å². The SMILES string of the molecule is Cc1ccc(C(C)(C)CC(=O)NCC(C)(O)c2ccco2)cc1. The summed E-state index contributed by atoms with van der Waals surface area (Å²) in [6.45, 7) is 7.87. The lowest BCUT2D eigenvalue weighted by Crippen LogP contribution is -2.40. The molecule has 0 fully saturated rings. The summed E-state index contributed by atoms with van der Waals surface area (Å²) in [5, 5.41) is 13.2. The molecule has 1 aromatic carbocycles. The molecule has 23 heavy (non-hydrogen) atoms. The van der Waals surface area contributed by atoms with Gasteiger partial charge in [0.05, 0.1) is 12.8 Å². The van der Waals surface area contributed by atoms with Crippen molar-refractivity contribution in [1.29, 1.82) is 0 Å². The van der Waals surface area contributed by atoms with Crippen LogP contribution in [0.25, 0.3) is 0 Å². The number of furan rings is 1. The molecule has 0 saturated heterocycles. The van der Waals surface area contributed by atoms with Crippen molar-refractivity contribution in [2.45, 2.75) is 45.1 Å². The van der Waals surface area contributed by atoms with E-state index in [9.17, 15) is 9.90 Å². The third kappa shape index (κ3) is 4.45. The number of aliphatic hydroxyl groups is 1. The van der Waals surface area contributed by atoms with E-state index in [4.69, 9.17) is 4.42 Å². The van der Waals surface area contributed by atoms with Gasteiger partial charge in [-0.3, -0.25) is 4.79 Å². The number of aryl methyl sites for hydroxylation is 1. The van der Waals surface area contributed by atoms with E-state index in [-0.39, 0.29) is 17.9 Å². The van der Waals surface area contributed by atoms with Crippen LogP contribution in [0.2, 0.25) is 0 Å². The molecule has 1 aromatic heterocycles. The van der Waals surface area contributed by atoms with Gasteiger partial charge in [-0.1, -0.05) is 43.7 Å². The van der Waals surface area contributed by atoms with Gasteiger partial charge in [0, 0.05) is 6.42 Å². The third-order valence-corrected chi connectivity index (χ3v) is 4.12. The number of benzene rings is 1. The Bertz CT molecular complexity index is 640. The van der Waals surface area contributed by atoms with E-state index in [1.807, 2.05) is 20.8 Å². The first-order valence-corrected chi connectivity index (χ1v) is 7.81. The van der Waals surface area contributed by atoms with Gasteiger partial charge in [0.2, 0.25) is 5.91 Å². The van der Waals surface area contributed by atoms with Crippen LogP contribution in [0.4, 0.5) is 0 Å². The minimum absolute atomic E-state index is 0.0950. The average Bonchev–Trinajstić information content (AvgIpc) is 3.00. The molecule has 0 spiro atoms. The van der Waals surface area contributed by atoms with Crippen molar-refractivity contribution in [1.82, 2.24) is 5.32 Å². The molecule has 0 aliphatic rings. The fourth-order valence-corrected chi connectivity index (χ4v) is 2.51. The van der Waals surface area contributed by atoms with E-state index in [1.165, 1.54) is 11.8 Å². The predicted octanol–water partition coefficient (Wildman–Crippen LogP) is 3.28. The molecule has 1 atom stereocenters. The topological polar surface area (TPSA) is 62.5 Å². The van der Waals surface area contributed by atoms with Crippen LogP contribution in [0.15, 0.2) is 47.1 Å². The van der Waals surface area contributed by atoms with Gasteiger partial charge in [0.25, 0.3) is 0 Å². The van der Waals surface area contributed by atoms with E-state index >= 15 is 0 Å². The van der Waals surface area contributed by atoms with Crippen LogP contribution in [0.1, 0.15) is 44.1 Å². The van der Waals surface area contributed by atoms with Crippen molar-refractivity contribution in [3.8, 4) is 0 Å². The second-order valence-corrected chi connectivity index (χ2v) is 6.95. The van der Waals surface area contributed by atoms with Gasteiger partial charge in [-0.15, -0.1) is 0 Å². The molecule has 1 unspecified atom stereocenters. The first-order chi connectivity index (χ1) is 10.7. The molecule has 4 heteroatoms. The van der Waals surface area contributed by atoms with Crippen LogP contribution in [0, 0.1) is 6.92 Å². The number of hydrogen-bond acceptors (Lipinski definition) is 3. The van der Waals surface area contributed by atoms with Gasteiger partial charge < -0.3 is 14.8 Å². The second kappa shape index (κ2) is 6.59. The summed E-state index contributed by atoms with van der Waals surface area (Å²) in [5.41, 5.74) is 0.834. The average molecular weight is 315 g/mol. The quantitative estimate of drug-likeness (QED) is 0.860. The molecule has 2 rings (SSSR count). The van der Waals surface area contributed by atoms with Gasteiger partial charge >= 0.3 is 0 Å². The number of carbonyl (C=O) groups is 1. The number of rotatable bonds is 6. The maximum Gasteiger partial charge on any atom is 0.220 e. The lowest BCUT2D eigenvalue weighted by atomic mass is 9.81. The molecule has 0 saturated carbocycles. The number of nitrogens with one attached hydrogen (secondary N) is 1. The van der Waals surface area contributed by atoms with Crippen LogP contribution in [0.5, 0.6) is 0 Å². The fourth-order valence-electron chi connectivity index (χ4n) is 2.51. The molecule has 2 aromatic rings. The lowest BCUT2D eigenvalue weighted by molar-refractivity contribution is -0.123. The van der Waals surface area contributed by atoms with Gasteiger partial charge in [-0.05, 0) is 37.0 Å². The normalized spacial score (nSPS) is 14.3. The number of hydrogen-bond donors (Lipinski definition) is 2. The van der Waals surface area contributed by atoms with Crippen molar-refractivity contribution < 1.29 is 14.3 Å². The Kier molecular flexibility index (Phi) is 4.95. The Balaban J connectivity index is 1.95. The maximum atomic E-state index is 12.3. The largest absolute Gasteiger partial charge is 0.466 e. The highest BCUT2D eigenvalue weighted by molar-refractivity contribution is 5.77. The summed E-state index contributed by atoms with van der Waals surface area (Å²) in [7, 11) is 0. The Hall–Kier alpha value is -2.07. The summed E-state index contributed by atoms with van der Waals surface area (Å²) >= 11 is 0. The van der Waals surface area contributed by atoms with Gasteiger partial charge in [0.1, 0.15) is 11.4 Å². The third-order valence-electron chi connectivity index (χ3n) is 4.12. The fraction of sp³-hybridized carbons (Fsp3) is 0.421. The summed E-state index contributed by atoms with van der Waals surface area (Å²) in [5.74, 6) is 0.345. The summed E-state index contributed by atoms with van der Waals surface area (Å²) < 4.78 is 5.21. The highest BCUT2D eigenvalue weighted by Crippen LogP contribution is 2.27. The number of carbonyl (C=O) groups excluding carboxylic acids is 1. The monoisotopic (exact) mass is 315 g/mol. The number of amides is 1. The predicted molar refractivity (Wildman–Crippen MR) is 90.1 cm³/mol. The zero-order valence-corrected chi connectivity index (χ0v) is 14.2. The molecule has 1 amide bonds. The molecule has 0 radical (unpaired) electrons. The molecule has 0 bridgehead atoms. The van der Waals surface area contributed by atoms with Crippen LogP contribution < -0.4 is 5.32 Å². The molecular formula is C19H25NO3. The second-order valence-electron chi connectivity index (χ2n) is 6.95. The molecule has 4 nitrogen and oxygen atoms in total. The van der Waals surface area contributed by atoms with Crippen molar-refractivity contribution in [2.75, 3.05) is 6.54 Å². The highest BCUT2D eigenvalue weighted by atomic mass is 16.4. The Morgan fingerprint density at radius 1 is 1.17 bits per heavy atom. The van der Waals surface area contributed by atoms with Crippen LogP contribution in [-0.2, 0) is 15.8 Å². The summed E-state index contributed by atoms with van der Waals surface area (Å²) in [4.78, 5) is 12.3. The van der Waals surface area contributed by atoms with Crippen molar-refractivity contribution in [3.63, 3.8) is 0 Å². The molecular weight excluding hydrogens is 290 g/mol. The van der Waals surface area contributed by atoms with E-state index in [0.717, 1.165) is 5.56 Å². The van der Waals surface area contributed by atoms with Crippen molar-refractivity contribution in [3.05, 3.63) is 59.5 Å².